The Hall–Kier alpha value is -7.37. The van der Waals surface area contributed by atoms with Crippen molar-refractivity contribution in [1.29, 1.82) is 0 Å². The van der Waals surface area contributed by atoms with E-state index in [0.29, 0.717) is 0 Å². The number of nitrogens with one attached hydrogen (secondary N) is 3. The van der Waals surface area contributed by atoms with Gasteiger partial charge in [-0.2, -0.15) is 4.98 Å². The van der Waals surface area contributed by atoms with E-state index >= 15 is 0 Å². The maximum absolute atomic E-state index is 11.2. The predicted octanol–water partition coefficient (Wildman–Crippen LogP) is 11.2. The van der Waals surface area contributed by atoms with E-state index in [2.05, 4.69) is 167 Å². The molecule has 0 saturated carbocycles. The quantitative estimate of drug-likeness (QED) is 0.186. The summed E-state index contributed by atoms with van der Waals surface area (Å²) in [6, 6.07) is 58.6. The summed E-state index contributed by atoms with van der Waals surface area (Å²) in [6.45, 7) is 2.03. The largest absolute Gasteiger partial charge is 0.508 e. The van der Waals surface area contributed by atoms with E-state index in [4.69, 9.17) is 4.42 Å². The molecule has 5 nitrogen and oxygen atoms in total. The van der Waals surface area contributed by atoms with Gasteiger partial charge >= 0.3 is 5.71 Å². The van der Waals surface area contributed by atoms with Gasteiger partial charge in [-0.25, -0.2) is 9.97 Å². The summed E-state index contributed by atoms with van der Waals surface area (Å²) in [5.41, 5.74) is 16.2. The normalized spacial score (nSPS) is 11.4. The van der Waals surface area contributed by atoms with Gasteiger partial charge in [0, 0.05) is 53.1 Å². The van der Waals surface area contributed by atoms with E-state index in [0.717, 1.165) is 100 Å². The molecule has 0 saturated heterocycles. The van der Waals surface area contributed by atoms with Crippen LogP contribution in [0.4, 0.5) is 0 Å². The van der Waals surface area contributed by atoms with Crippen LogP contribution in [0, 0.1) is 6.92 Å². The number of aryl methyl sites for hydroxylation is 1. The number of pyridine rings is 3. The van der Waals surface area contributed by atoms with Crippen molar-refractivity contribution in [3.63, 3.8) is 0 Å². The molecule has 0 radical (unpaired) electrons. The van der Waals surface area contributed by atoms with E-state index < -0.39 is 0 Å². The number of aromatic amines is 3. The highest BCUT2D eigenvalue weighted by molar-refractivity contribution is 6.07. The Labute approximate surface area is 317 Å². The van der Waals surface area contributed by atoms with E-state index in [1.54, 1.807) is 0 Å². The van der Waals surface area contributed by atoms with Crippen LogP contribution < -0.4 is 15.0 Å². The molecule has 4 heterocycles. The Bertz CT molecular complexity index is 3050. The Morgan fingerprint density at radius 3 is 1.80 bits per heavy atom. The van der Waals surface area contributed by atoms with Crippen LogP contribution in [0.3, 0.4) is 0 Å². The summed E-state index contributed by atoms with van der Waals surface area (Å²) >= 11 is 0. The van der Waals surface area contributed by atoms with Crippen LogP contribution in [-0.2, 0) is 0 Å². The minimum atomic E-state index is 0.215. The molecule has 0 spiro atoms. The lowest BCUT2D eigenvalue weighted by atomic mass is 9.90. The summed E-state index contributed by atoms with van der Waals surface area (Å²) in [5, 5.41) is 14.5. The monoisotopic (exact) mass is 710 g/mol. The summed E-state index contributed by atoms with van der Waals surface area (Å²) in [7, 11) is 0. The molecule has 6 aromatic carbocycles. The number of hydrogen-bond acceptors (Lipinski definition) is 2. The number of phenols is 1. The number of benzene rings is 6. The van der Waals surface area contributed by atoms with Crippen LogP contribution in [-0.4, -0.2) is 5.11 Å². The fourth-order valence-corrected chi connectivity index (χ4v) is 7.81. The smallest absolute Gasteiger partial charge is 0.380 e. The lowest BCUT2D eigenvalue weighted by Gasteiger charge is -2.14. The summed E-state index contributed by atoms with van der Waals surface area (Å²) in [4.78, 5) is 10.5. The highest BCUT2D eigenvalue weighted by Crippen LogP contribution is 2.40. The highest BCUT2D eigenvalue weighted by Gasteiger charge is 2.20. The fourth-order valence-electron chi connectivity index (χ4n) is 7.81. The number of hydrogen-bond donors (Lipinski definition) is 1. The van der Waals surface area contributed by atoms with Crippen LogP contribution in [0.15, 0.2) is 180 Å². The third kappa shape index (κ3) is 5.88. The number of rotatable bonds is 6. The van der Waals surface area contributed by atoms with Crippen LogP contribution in [0.2, 0.25) is 0 Å². The average Bonchev–Trinajstić information content (AvgIpc) is 3.61. The average molecular weight is 711 g/mol. The molecule has 0 atom stereocenters. The van der Waals surface area contributed by atoms with Gasteiger partial charge in [-0.05, 0) is 99.6 Å². The second-order valence-electron chi connectivity index (χ2n) is 14.1. The number of furan rings is 1. The van der Waals surface area contributed by atoms with Gasteiger partial charge in [0.05, 0.1) is 10.9 Å². The second kappa shape index (κ2) is 13.2. The third-order valence-corrected chi connectivity index (χ3v) is 10.5. The van der Waals surface area contributed by atoms with Crippen molar-refractivity contribution in [1.82, 2.24) is 0 Å². The molecule has 0 aliphatic rings. The zero-order chi connectivity index (χ0) is 36.9. The highest BCUT2D eigenvalue weighted by atomic mass is 16.3. The van der Waals surface area contributed by atoms with Crippen LogP contribution in [0.5, 0.6) is 5.75 Å². The number of H-pyrrole nitrogens is 3. The number of aromatic hydroxyl groups is 1. The molecule has 260 valence electrons. The molecule has 0 fully saturated rings. The first-order valence-electron chi connectivity index (χ1n) is 18.5. The van der Waals surface area contributed by atoms with Crippen LogP contribution >= 0.6 is 0 Å². The molecular weight excluding hydrogens is 675 g/mol. The van der Waals surface area contributed by atoms with Gasteiger partial charge in [-0.15, -0.1) is 0 Å². The summed E-state index contributed by atoms with van der Waals surface area (Å²) < 4.78 is 6.34. The van der Waals surface area contributed by atoms with E-state index in [9.17, 15) is 5.11 Å². The minimum Gasteiger partial charge on any atom is -0.508 e. The van der Waals surface area contributed by atoms with Gasteiger partial charge in [0.15, 0.2) is 17.5 Å². The van der Waals surface area contributed by atoms with Crippen LogP contribution in [0.25, 0.3) is 100.0 Å². The van der Waals surface area contributed by atoms with Gasteiger partial charge in [-0.1, -0.05) is 84.9 Å². The summed E-state index contributed by atoms with van der Waals surface area (Å²) in [5.74, 6) is 0.215. The molecule has 10 rings (SSSR count). The molecular formula is C50H36N3O2+3. The first kappa shape index (κ1) is 32.3. The van der Waals surface area contributed by atoms with Gasteiger partial charge in [0.25, 0.3) is 0 Å². The Balaban J connectivity index is 0.986. The minimum absolute atomic E-state index is 0.215. The van der Waals surface area contributed by atoms with E-state index in [-0.39, 0.29) is 5.75 Å². The Morgan fingerprint density at radius 2 is 1.07 bits per heavy atom. The molecule has 0 bridgehead atoms. The van der Waals surface area contributed by atoms with E-state index in [1.807, 2.05) is 31.3 Å². The number of aromatic nitrogens is 3. The van der Waals surface area contributed by atoms with E-state index in [1.165, 1.54) is 5.39 Å². The van der Waals surface area contributed by atoms with Gasteiger partial charge < -0.3 is 9.52 Å². The molecule has 0 aliphatic carbocycles. The second-order valence-corrected chi connectivity index (χ2v) is 14.1. The zero-order valence-corrected chi connectivity index (χ0v) is 30.1. The first-order chi connectivity index (χ1) is 27.1. The lowest BCUT2D eigenvalue weighted by Crippen LogP contribution is -2.07. The maximum atomic E-state index is 11.2. The third-order valence-electron chi connectivity index (χ3n) is 10.5. The molecule has 4 N–H and O–H groups in total. The number of fused-ring (bicyclic) bond motifs is 4. The van der Waals surface area contributed by atoms with Gasteiger partial charge in [-0.3, -0.25) is 0 Å². The first-order valence-corrected chi connectivity index (χ1v) is 18.5. The Morgan fingerprint density at radius 1 is 0.455 bits per heavy atom. The Kier molecular flexibility index (Phi) is 7.77. The van der Waals surface area contributed by atoms with Crippen molar-refractivity contribution in [2.75, 3.05) is 0 Å². The lowest BCUT2D eigenvalue weighted by molar-refractivity contribution is -0.365. The molecule has 10 aromatic rings. The van der Waals surface area contributed by atoms with Crippen molar-refractivity contribution in [2.45, 2.75) is 6.92 Å². The molecule has 0 unspecified atom stereocenters. The molecule has 0 amide bonds. The van der Waals surface area contributed by atoms with Gasteiger partial charge in [0.1, 0.15) is 5.75 Å². The van der Waals surface area contributed by atoms with Crippen molar-refractivity contribution in [3.8, 4) is 72.8 Å². The van der Waals surface area contributed by atoms with Crippen molar-refractivity contribution in [2.24, 2.45) is 0 Å². The standard InChI is InChI=1S/C50H33N3O2/c1-31-17-24-44-43-14-8-15-45(49(43)55-50(44)52-31)48-26-23-35(30-51-48)40-11-4-6-13-42(40)37-27-36(28-38(54)29-37)41-12-5-3-10-39(41)32-18-20-34(21-19-32)47-25-22-33-9-2-7-16-46(33)53-47/h2-30,54H,1H3/p+3. The molecule has 0 aliphatic heterocycles. The molecule has 5 heteroatoms. The summed E-state index contributed by atoms with van der Waals surface area (Å²) in [6.07, 6.45) is 2.05. The number of para-hydroxylation sites is 2. The fraction of sp³-hybridized carbons (Fsp3) is 0.0200. The maximum Gasteiger partial charge on any atom is 0.380 e. The topological polar surface area (TPSA) is 75.8 Å². The van der Waals surface area contributed by atoms with Crippen molar-refractivity contribution in [3.05, 3.63) is 182 Å². The SMILES string of the molecule is Cc1ccc2c([nH+]1)oc1c(-c3ccc(-c4ccccc4-c4cc(O)cc(-c5ccccc5-c5ccc(-c6ccc7ccccc7[nH+]6)cc5)c4)c[nH+]3)cccc12. The number of phenolic OH excluding ortho intramolecular Hbond substituents is 1. The molecule has 4 aromatic heterocycles. The van der Waals surface area contributed by atoms with Crippen molar-refractivity contribution >= 4 is 33.0 Å². The van der Waals surface area contributed by atoms with Gasteiger partial charge in [0.2, 0.25) is 16.9 Å². The zero-order valence-electron chi connectivity index (χ0n) is 30.1. The predicted molar refractivity (Wildman–Crippen MR) is 220 cm³/mol. The molecule has 55 heavy (non-hydrogen) atoms. The van der Waals surface area contributed by atoms with Crippen molar-refractivity contribution < 1.29 is 24.5 Å². The van der Waals surface area contributed by atoms with Crippen LogP contribution in [0.1, 0.15) is 5.69 Å².